The number of piperazine rings is 1. The highest BCUT2D eigenvalue weighted by molar-refractivity contribution is 9.10. The van der Waals surface area contributed by atoms with Gasteiger partial charge in [-0.05, 0) is 35.6 Å². The van der Waals surface area contributed by atoms with E-state index in [0.717, 1.165) is 26.2 Å². The van der Waals surface area contributed by atoms with Gasteiger partial charge in [0.05, 0.1) is 6.04 Å². The van der Waals surface area contributed by atoms with Crippen molar-refractivity contribution in [3.63, 3.8) is 0 Å². The number of hydrogen-bond donors (Lipinski definition) is 1. The topological polar surface area (TPSA) is 15.3 Å². The van der Waals surface area contributed by atoms with Crippen LogP contribution < -0.4 is 5.32 Å². The van der Waals surface area contributed by atoms with Gasteiger partial charge >= 0.3 is 0 Å². The van der Waals surface area contributed by atoms with Crippen LogP contribution in [0.1, 0.15) is 22.0 Å². The van der Waals surface area contributed by atoms with E-state index in [9.17, 15) is 0 Å². The zero-order valence-corrected chi connectivity index (χ0v) is 14.0. The predicted molar refractivity (Wildman–Crippen MR) is 89.5 cm³/mol. The molecule has 0 saturated carbocycles. The van der Waals surface area contributed by atoms with Gasteiger partial charge in [0.15, 0.2) is 0 Å². The van der Waals surface area contributed by atoms with Gasteiger partial charge in [0.1, 0.15) is 0 Å². The molecule has 1 atom stereocenters. The Bertz CT molecular complexity index is 575. The molecule has 0 radical (unpaired) electrons. The van der Waals surface area contributed by atoms with E-state index >= 15 is 0 Å². The van der Waals surface area contributed by atoms with Crippen LogP contribution in [-0.4, -0.2) is 31.1 Å². The summed E-state index contributed by atoms with van der Waals surface area (Å²) in [6.07, 6.45) is 0. The van der Waals surface area contributed by atoms with Crippen LogP contribution in [0.25, 0.3) is 0 Å². The van der Waals surface area contributed by atoms with Crippen molar-refractivity contribution in [2.45, 2.75) is 13.0 Å². The molecule has 1 N–H and O–H groups in total. The number of rotatable bonds is 3. The quantitative estimate of drug-likeness (QED) is 0.905. The molecule has 1 saturated heterocycles. The van der Waals surface area contributed by atoms with Crippen LogP contribution in [0.5, 0.6) is 0 Å². The average molecular weight is 351 g/mol. The maximum Gasteiger partial charge on any atom is 0.0708 e. The highest BCUT2D eigenvalue weighted by Gasteiger charge is 2.26. The summed E-state index contributed by atoms with van der Waals surface area (Å²) in [6.45, 7) is 6.53. The molecular weight excluding hydrogens is 332 g/mol. The molecule has 4 heteroatoms. The van der Waals surface area contributed by atoms with Gasteiger partial charge in [0.25, 0.3) is 0 Å². The van der Waals surface area contributed by atoms with E-state index in [1.165, 1.54) is 20.5 Å². The Morgan fingerprint density at radius 1 is 1.25 bits per heavy atom. The first kappa shape index (κ1) is 14.3. The zero-order chi connectivity index (χ0) is 13.9. The second-order valence-electron chi connectivity index (χ2n) is 5.24. The third-order valence-electron chi connectivity index (χ3n) is 3.74. The summed E-state index contributed by atoms with van der Waals surface area (Å²) in [4.78, 5) is 4.03. The van der Waals surface area contributed by atoms with Crippen LogP contribution in [0.2, 0.25) is 0 Å². The molecule has 2 heterocycles. The van der Waals surface area contributed by atoms with E-state index in [0.29, 0.717) is 6.04 Å². The lowest BCUT2D eigenvalue weighted by Crippen LogP contribution is -2.45. The Kier molecular flexibility index (Phi) is 4.56. The first-order valence-electron chi connectivity index (χ1n) is 7.00. The summed E-state index contributed by atoms with van der Waals surface area (Å²) in [7, 11) is 0. The van der Waals surface area contributed by atoms with Gasteiger partial charge in [-0.3, -0.25) is 4.90 Å². The molecule has 0 aliphatic carbocycles. The third kappa shape index (κ3) is 2.98. The first-order chi connectivity index (χ1) is 9.75. The standard InChI is InChI=1S/C16H19BrN2S/c1-12-10-15(20-11-12)16(19-8-6-18-7-9-19)13-4-2-3-5-14(13)17/h2-5,10-11,16,18H,6-9H2,1H3. The van der Waals surface area contributed by atoms with Gasteiger partial charge in [-0.15, -0.1) is 11.3 Å². The summed E-state index contributed by atoms with van der Waals surface area (Å²) in [5.41, 5.74) is 2.73. The van der Waals surface area contributed by atoms with Crippen molar-refractivity contribution < 1.29 is 0 Å². The SMILES string of the molecule is Cc1csc(C(c2ccccc2Br)N2CCNCC2)c1. The smallest absolute Gasteiger partial charge is 0.0708 e. The van der Waals surface area contributed by atoms with Crippen LogP contribution in [-0.2, 0) is 0 Å². The highest BCUT2D eigenvalue weighted by atomic mass is 79.9. The molecule has 106 valence electrons. The lowest BCUT2D eigenvalue weighted by molar-refractivity contribution is 0.200. The van der Waals surface area contributed by atoms with Crippen LogP contribution in [0.3, 0.4) is 0 Å². The highest BCUT2D eigenvalue weighted by Crippen LogP contribution is 2.36. The molecule has 1 aliphatic heterocycles. The summed E-state index contributed by atoms with van der Waals surface area (Å²) >= 11 is 5.60. The summed E-state index contributed by atoms with van der Waals surface area (Å²) in [5.74, 6) is 0. The molecule has 20 heavy (non-hydrogen) atoms. The minimum atomic E-state index is 0.367. The number of benzene rings is 1. The average Bonchev–Trinajstić information content (AvgIpc) is 2.89. The Morgan fingerprint density at radius 2 is 2.00 bits per heavy atom. The Hall–Kier alpha value is -0.680. The predicted octanol–water partition coefficient (Wildman–Crippen LogP) is 3.81. The third-order valence-corrected chi connectivity index (χ3v) is 5.56. The van der Waals surface area contributed by atoms with Crippen LogP contribution in [0.4, 0.5) is 0 Å². The van der Waals surface area contributed by atoms with Crippen LogP contribution in [0.15, 0.2) is 40.2 Å². The van der Waals surface area contributed by atoms with Crippen molar-refractivity contribution >= 4 is 27.3 Å². The number of nitrogens with one attached hydrogen (secondary N) is 1. The van der Waals surface area contributed by atoms with Gasteiger partial charge in [-0.1, -0.05) is 34.1 Å². The van der Waals surface area contributed by atoms with E-state index < -0.39 is 0 Å². The van der Waals surface area contributed by atoms with E-state index in [2.05, 4.69) is 68.8 Å². The molecule has 0 spiro atoms. The lowest BCUT2D eigenvalue weighted by atomic mass is 10.0. The maximum atomic E-state index is 3.73. The molecule has 1 aliphatic rings. The van der Waals surface area contributed by atoms with Crippen molar-refractivity contribution in [3.8, 4) is 0 Å². The van der Waals surface area contributed by atoms with Crippen LogP contribution >= 0.6 is 27.3 Å². The number of thiophene rings is 1. The maximum absolute atomic E-state index is 3.73. The van der Waals surface area contributed by atoms with Gasteiger partial charge in [0, 0.05) is 35.5 Å². The largest absolute Gasteiger partial charge is 0.314 e. The van der Waals surface area contributed by atoms with E-state index in [1.54, 1.807) is 0 Å². The minimum absolute atomic E-state index is 0.367. The summed E-state index contributed by atoms with van der Waals surface area (Å²) in [5, 5.41) is 5.69. The molecule has 3 rings (SSSR count). The zero-order valence-electron chi connectivity index (χ0n) is 11.6. The molecule has 1 unspecified atom stereocenters. The second-order valence-corrected chi connectivity index (χ2v) is 7.03. The fourth-order valence-electron chi connectivity index (χ4n) is 2.76. The summed E-state index contributed by atoms with van der Waals surface area (Å²) < 4.78 is 1.20. The van der Waals surface area contributed by atoms with Crippen molar-refractivity contribution in [1.29, 1.82) is 0 Å². The monoisotopic (exact) mass is 350 g/mol. The Morgan fingerprint density at radius 3 is 2.65 bits per heavy atom. The van der Waals surface area contributed by atoms with Gasteiger partial charge in [0.2, 0.25) is 0 Å². The Labute approximate surface area is 132 Å². The van der Waals surface area contributed by atoms with Gasteiger partial charge in [-0.2, -0.15) is 0 Å². The first-order valence-corrected chi connectivity index (χ1v) is 8.67. The molecule has 1 fully saturated rings. The second kappa shape index (κ2) is 6.39. The fourth-order valence-corrected chi connectivity index (χ4v) is 4.31. The molecule has 1 aromatic heterocycles. The molecule has 0 bridgehead atoms. The molecule has 0 amide bonds. The van der Waals surface area contributed by atoms with Crippen molar-refractivity contribution in [1.82, 2.24) is 10.2 Å². The molecule has 2 aromatic rings. The van der Waals surface area contributed by atoms with Crippen molar-refractivity contribution in [3.05, 3.63) is 56.2 Å². The fraction of sp³-hybridized carbons (Fsp3) is 0.375. The minimum Gasteiger partial charge on any atom is -0.314 e. The van der Waals surface area contributed by atoms with Gasteiger partial charge < -0.3 is 5.32 Å². The van der Waals surface area contributed by atoms with Crippen molar-refractivity contribution in [2.75, 3.05) is 26.2 Å². The van der Waals surface area contributed by atoms with E-state index in [4.69, 9.17) is 0 Å². The number of hydrogen-bond acceptors (Lipinski definition) is 3. The van der Waals surface area contributed by atoms with Crippen LogP contribution in [0, 0.1) is 6.92 Å². The Balaban J connectivity index is 2.01. The van der Waals surface area contributed by atoms with Gasteiger partial charge in [-0.25, -0.2) is 0 Å². The molecule has 1 aromatic carbocycles. The normalized spacial score (nSPS) is 18.1. The molecular formula is C16H19BrN2S. The van der Waals surface area contributed by atoms with E-state index in [-0.39, 0.29) is 0 Å². The number of nitrogens with zero attached hydrogens (tertiary/aromatic N) is 1. The van der Waals surface area contributed by atoms with E-state index in [1.807, 2.05) is 11.3 Å². The summed E-state index contributed by atoms with van der Waals surface area (Å²) in [6, 6.07) is 11.3. The van der Waals surface area contributed by atoms with Crippen molar-refractivity contribution in [2.24, 2.45) is 0 Å². The number of halogens is 1. The molecule has 2 nitrogen and oxygen atoms in total. The lowest BCUT2D eigenvalue weighted by Gasteiger charge is -2.35. The number of aryl methyl sites for hydroxylation is 1.